The number of amides is 2. The lowest BCUT2D eigenvalue weighted by molar-refractivity contribution is -0.0550. The molecule has 31 heavy (non-hydrogen) atoms. The van der Waals surface area contributed by atoms with Crippen molar-refractivity contribution in [2.75, 3.05) is 13.1 Å². The maximum Gasteiger partial charge on any atom is 0.317 e. The Labute approximate surface area is 185 Å². The van der Waals surface area contributed by atoms with Crippen molar-refractivity contribution in [2.45, 2.75) is 64.5 Å². The van der Waals surface area contributed by atoms with Crippen molar-refractivity contribution in [1.29, 1.82) is 0 Å². The summed E-state index contributed by atoms with van der Waals surface area (Å²) in [5, 5.41) is 7.49. The highest BCUT2D eigenvalue weighted by molar-refractivity contribution is 6.01. The molecule has 2 aliphatic rings. The standard InChI is InChI=1S/C26H33N3O2/c1-19-7-5-6-8-21(19)18-27-24(30)29-15-13-26(14-16-29)17-23(28-31-26)20-9-11-22(12-10-20)25(2,3)4/h5-12H,13-18H2,1-4H3,(H,27,30). The third-order valence-corrected chi connectivity index (χ3v) is 6.58. The third kappa shape index (κ3) is 4.76. The number of oxime groups is 1. The largest absolute Gasteiger partial charge is 0.388 e. The monoisotopic (exact) mass is 419 g/mol. The van der Waals surface area contributed by atoms with Crippen molar-refractivity contribution in [3.8, 4) is 0 Å². The van der Waals surface area contributed by atoms with Gasteiger partial charge in [0.2, 0.25) is 0 Å². The van der Waals surface area contributed by atoms with E-state index in [0.29, 0.717) is 19.6 Å². The Morgan fingerprint density at radius 1 is 1.10 bits per heavy atom. The van der Waals surface area contributed by atoms with Crippen LogP contribution in [-0.2, 0) is 16.8 Å². The molecule has 0 saturated carbocycles. The van der Waals surface area contributed by atoms with E-state index in [1.165, 1.54) is 11.1 Å². The molecule has 5 nitrogen and oxygen atoms in total. The molecular formula is C26H33N3O2. The summed E-state index contributed by atoms with van der Waals surface area (Å²) >= 11 is 0. The van der Waals surface area contributed by atoms with Crippen LogP contribution in [0.3, 0.4) is 0 Å². The van der Waals surface area contributed by atoms with Crippen molar-refractivity contribution >= 4 is 11.7 Å². The van der Waals surface area contributed by atoms with Gasteiger partial charge in [0.25, 0.3) is 0 Å². The van der Waals surface area contributed by atoms with Gasteiger partial charge in [-0.2, -0.15) is 0 Å². The van der Waals surface area contributed by atoms with E-state index in [2.05, 4.69) is 74.6 Å². The lowest BCUT2D eigenvalue weighted by Gasteiger charge is -2.37. The SMILES string of the molecule is Cc1ccccc1CNC(=O)N1CCC2(CC1)CC(c1ccc(C(C)(C)C)cc1)=NO2. The molecule has 2 aromatic carbocycles. The number of likely N-dealkylation sites (tertiary alicyclic amines) is 1. The van der Waals surface area contributed by atoms with Crippen LogP contribution in [0.5, 0.6) is 0 Å². The average Bonchev–Trinajstić information content (AvgIpc) is 3.16. The van der Waals surface area contributed by atoms with Crippen LogP contribution < -0.4 is 5.32 Å². The van der Waals surface area contributed by atoms with E-state index in [0.717, 1.165) is 36.1 Å². The highest BCUT2D eigenvalue weighted by atomic mass is 16.7. The second-order valence-electron chi connectivity index (χ2n) is 9.89. The van der Waals surface area contributed by atoms with Crippen LogP contribution >= 0.6 is 0 Å². The van der Waals surface area contributed by atoms with Gasteiger partial charge in [-0.05, 0) is 34.6 Å². The van der Waals surface area contributed by atoms with Crippen molar-refractivity contribution in [1.82, 2.24) is 10.2 Å². The summed E-state index contributed by atoms with van der Waals surface area (Å²) in [7, 11) is 0. The fourth-order valence-electron chi connectivity index (χ4n) is 4.32. The van der Waals surface area contributed by atoms with Crippen molar-refractivity contribution < 1.29 is 9.63 Å². The van der Waals surface area contributed by atoms with Gasteiger partial charge < -0.3 is 15.1 Å². The number of rotatable bonds is 3. The first-order valence-electron chi connectivity index (χ1n) is 11.2. The molecule has 1 saturated heterocycles. The Kier molecular flexibility index (Phi) is 5.78. The molecule has 1 spiro atoms. The predicted octanol–water partition coefficient (Wildman–Crippen LogP) is 5.16. The van der Waals surface area contributed by atoms with Crippen LogP contribution in [0.25, 0.3) is 0 Å². The van der Waals surface area contributed by atoms with E-state index in [9.17, 15) is 4.79 Å². The van der Waals surface area contributed by atoms with Crippen molar-refractivity contribution in [3.63, 3.8) is 0 Å². The molecule has 0 unspecified atom stereocenters. The summed E-state index contributed by atoms with van der Waals surface area (Å²) in [4.78, 5) is 20.5. The quantitative estimate of drug-likeness (QED) is 0.747. The molecule has 0 radical (unpaired) electrons. The number of hydrogen-bond acceptors (Lipinski definition) is 3. The summed E-state index contributed by atoms with van der Waals surface area (Å²) in [6.45, 7) is 10.7. The molecule has 0 atom stereocenters. The summed E-state index contributed by atoms with van der Waals surface area (Å²) in [5.41, 5.74) is 5.67. The number of nitrogens with zero attached hydrogens (tertiary/aromatic N) is 2. The van der Waals surface area contributed by atoms with Gasteiger partial charge in [-0.25, -0.2) is 4.79 Å². The summed E-state index contributed by atoms with van der Waals surface area (Å²) in [5.74, 6) is 0. The zero-order valence-corrected chi connectivity index (χ0v) is 19.1. The van der Waals surface area contributed by atoms with Crippen LogP contribution in [0.1, 0.15) is 62.3 Å². The smallest absolute Gasteiger partial charge is 0.317 e. The van der Waals surface area contributed by atoms with Gasteiger partial charge in [-0.15, -0.1) is 0 Å². The van der Waals surface area contributed by atoms with Gasteiger partial charge in [-0.3, -0.25) is 0 Å². The predicted molar refractivity (Wildman–Crippen MR) is 124 cm³/mol. The zero-order chi connectivity index (χ0) is 22.1. The fourth-order valence-corrected chi connectivity index (χ4v) is 4.32. The number of carbonyl (C=O) groups is 1. The third-order valence-electron chi connectivity index (χ3n) is 6.58. The van der Waals surface area contributed by atoms with Crippen molar-refractivity contribution in [2.24, 2.45) is 5.16 Å². The Balaban J connectivity index is 1.30. The zero-order valence-electron chi connectivity index (χ0n) is 19.1. The minimum absolute atomic E-state index is 0.00462. The van der Waals surface area contributed by atoms with Gasteiger partial charge in [0.15, 0.2) is 0 Å². The maximum absolute atomic E-state index is 12.6. The van der Waals surface area contributed by atoms with E-state index in [1.807, 2.05) is 17.0 Å². The van der Waals surface area contributed by atoms with Crippen LogP contribution in [0, 0.1) is 6.92 Å². The minimum atomic E-state index is -0.273. The molecular weight excluding hydrogens is 386 g/mol. The van der Waals surface area contributed by atoms with E-state index >= 15 is 0 Å². The first kappa shape index (κ1) is 21.4. The Bertz CT molecular complexity index is 965. The topological polar surface area (TPSA) is 53.9 Å². The van der Waals surface area contributed by atoms with Gasteiger partial charge in [0.05, 0.1) is 5.71 Å². The highest BCUT2D eigenvalue weighted by Gasteiger charge is 2.43. The highest BCUT2D eigenvalue weighted by Crippen LogP contribution is 2.36. The molecule has 4 rings (SSSR count). The number of benzene rings is 2. The second-order valence-corrected chi connectivity index (χ2v) is 9.89. The first-order chi connectivity index (χ1) is 14.8. The Hall–Kier alpha value is -2.82. The first-order valence-corrected chi connectivity index (χ1v) is 11.2. The van der Waals surface area contributed by atoms with E-state index in [1.54, 1.807) is 0 Å². The molecule has 5 heteroatoms. The van der Waals surface area contributed by atoms with Crippen molar-refractivity contribution in [3.05, 3.63) is 70.8 Å². The van der Waals surface area contributed by atoms with Crippen LogP contribution in [0.15, 0.2) is 53.7 Å². The molecule has 0 bridgehead atoms. The number of piperidine rings is 1. The molecule has 2 heterocycles. The molecule has 164 valence electrons. The molecule has 1 N–H and O–H groups in total. The van der Waals surface area contributed by atoms with Gasteiger partial charge >= 0.3 is 6.03 Å². The number of aryl methyl sites for hydroxylation is 1. The summed E-state index contributed by atoms with van der Waals surface area (Å²) in [6.07, 6.45) is 2.41. The number of nitrogens with one attached hydrogen (secondary N) is 1. The van der Waals surface area contributed by atoms with E-state index < -0.39 is 0 Å². The van der Waals surface area contributed by atoms with Gasteiger partial charge in [0, 0.05) is 38.9 Å². The normalized spacial score (nSPS) is 17.9. The molecule has 0 aromatic heterocycles. The van der Waals surface area contributed by atoms with Gasteiger partial charge in [0.1, 0.15) is 5.60 Å². The van der Waals surface area contributed by atoms with E-state index in [-0.39, 0.29) is 17.0 Å². The number of carbonyl (C=O) groups excluding carboxylic acids is 1. The lowest BCUT2D eigenvalue weighted by atomic mass is 9.84. The molecule has 2 aromatic rings. The second kappa shape index (κ2) is 8.37. The average molecular weight is 420 g/mol. The lowest BCUT2D eigenvalue weighted by Crippen LogP contribution is -2.49. The molecule has 0 aliphatic carbocycles. The molecule has 2 aliphatic heterocycles. The summed E-state index contributed by atoms with van der Waals surface area (Å²) in [6, 6.07) is 16.8. The van der Waals surface area contributed by atoms with E-state index in [4.69, 9.17) is 4.84 Å². The molecule has 2 amide bonds. The Morgan fingerprint density at radius 2 is 1.77 bits per heavy atom. The van der Waals surface area contributed by atoms with Crippen LogP contribution in [-0.4, -0.2) is 35.3 Å². The minimum Gasteiger partial charge on any atom is -0.388 e. The number of hydrogen-bond donors (Lipinski definition) is 1. The number of urea groups is 1. The van der Waals surface area contributed by atoms with Gasteiger partial charge in [-0.1, -0.05) is 74.5 Å². The molecule has 1 fully saturated rings. The van der Waals surface area contributed by atoms with Crippen LogP contribution in [0.2, 0.25) is 0 Å². The Morgan fingerprint density at radius 3 is 2.42 bits per heavy atom. The maximum atomic E-state index is 12.6. The fraction of sp³-hybridized carbons (Fsp3) is 0.462. The van der Waals surface area contributed by atoms with Crippen LogP contribution in [0.4, 0.5) is 4.79 Å². The summed E-state index contributed by atoms with van der Waals surface area (Å²) < 4.78 is 0.